The van der Waals surface area contributed by atoms with E-state index in [0.29, 0.717) is 19.6 Å². The lowest BCUT2D eigenvalue weighted by Crippen LogP contribution is -2.38. The molecule has 1 aliphatic rings. The lowest BCUT2D eigenvalue weighted by Gasteiger charge is -2.26. The van der Waals surface area contributed by atoms with Gasteiger partial charge in [-0.3, -0.25) is 9.59 Å². The minimum atomic E-state index is -0.312. The van der Waals surface area contributed by atoms with E-state index >= 15 is 0 Å². The second kappa shape index (κ2) is 9.61. The van der Waals surface area contributed by atoms with Crippen LogP contribution in [-0.2, 0) is 22.6 Å². The van der Waals surface area contributed by atoms with Crippen molar-refractivity contribution in [2.75, 3.05) is 18.0 Å². The number of carbonyl (C=O) groups excluding carboxylic acids is 2. The number of hydrogen-bond donors (Lipinski definition) is 0. The van der Waals surface area contributed by atoms with Gasteiger partial charge in [-0.05, 0) is 36.6 Å². The van der Waals surface area contributed by atoms with E-state index in [1.807, 2.05) is 84.6 Å². The van der Waals surface area contributed by atoms with E-state index < -0.39 is 0 Å². The summed E-state index contributed by atoms with van der Waals surface area (Å²) >= 11 is 0. The molecule has 0 bridgehead atoms. The van der Waals surface area contributed by atoms with Gasteiger partial charge < -0.3 is 9.80 Å². The predicted molar refractivity (Wildman–Crippen MR) is 124 cm³/mol. The zero-order valence-electron chi connectivity index (χ0n) is 17.9. The smallest absolute Gasteiger partial charge is 0.228 e. The maximum atomic E-state index is 13.5. The normalized spacial score (nSPS) is 15.8. The zero-order valence-corrected chi connectivity index (χ0v) is 17.9. The number of carbonyl (C=O) groups is 2. The molecule has 158 valence electrons. The number of nitrogens with zero attached hydrogens (tertiary/aromatic N) is 2. The van der Waals surface area contributed by atoms with Crippen molar-refractivity contribution in [2.45, 2.75) is 26.3 Å². The molecule has 3 aromatic rings. The molecule has 0 aliphatic carbocycles. The molecular weight excluding hydrogens is 384 g/mol. The summed E-state index contributed by atoms with van der Waals surface area (Å²) in [4.78, 5) is 29.9. The third-order valence-corrected chi connectivity index (χ3v) is 5.86. The van der Waals surface area contributed by atoms with Crippen LogP contribution in [-0.4, -0.2) is 29.8 Å². The van der Waals surface area contributed by atoms with Crippen LogP contribution in [0.2, 0.25) is 0 Å². The Labute approximate surface area is 184 Å². The standard InChI is InChI=1S/C27H28N2O2/c1-21-12-14-25(15-13-21)29-20-24(18-26(29)30)27(31)28(19-23-10-6-3-7-11-23)17-16-22-8-4-2-5-9-22/h2-15,24H,16-20H2,1H3/t24-/m1/s1. The quantitative estimate of drug-likeness (QED) is 0.568. The lowest BCUT2D eigenvalue weighted by atomic mass is 10.1. The Morgan fingerprint density at radius 1 is 0.903 bits per heavy atom. The average molecular weight is 413 g/mol. The predicted octanol–water partition coefficient (Wildman–Crippen LogP) is 4.62. The van der Waals surface area contributed by atoms with Crippen molar-refractivity contribution in [1.29, 1.82) is 0 Å². The highest BCUT2D eigenvalue weighted by Gasteiger charge is 2.37. The molecule has 4 rings (SSSR count). The summed E-state index contributed by atoms with van der Waals surface area (Å²) < 4.78 is 0. The summed E-state index contributed by atoms with van der Waals surface area (Å²) in [5.74, 6) is -0.235. The number of amides is 2. The third-order valence-electron chi connectivity index (χ3n) is 5.86. The summed E-state index contributed by atoms with van der Waals surface area (Å²) in [6.07, 6.45) is 1.06. The molecule has 0 saturated carbocycles. The van der Waals surface area contributed by atoms with E-state index in [2.05, 4.69) is 12.1 Å². The second-order valence-electron chi connectivity index (χ2n) is 8.22. The monoisotopic (exact) mass is 412 g/mol. The van der Waals surface area contributed by atoms with Crippen molar-refractivity contribution in [3.05, 3.63) is 102 Å². The molecule has 31 heavy (non-hydrogen) atoms. The molecular formula is C27H28N2O2. The van der Waals surface area contributed by atoms with E-state index in [0.717, 1.165) is 23.2 Å². The Hall–Kier alpha value is -3.40. The van der Waals surface area contributed by atoms with Crippen LogP contribution in [0.15, 0.2) is 84.9 Å². The van der Waals surface area contributed by atoms with E-state index in [1.54, 1.807) is 4.90 Å². The van der Waals surface area contributed by atoms with Gasteiger partial charge in [-0.15, -0.1) is 0 Å². The zero-order chi connectivity index (χ0) is 21.6. The summed E-state index contributed by atoms with van der Waals surface area (Å²) in [6.45, 7) is 3.65. The van der Waals surface area contributed by atoms with E-state index in [1.165, 1.54) is 5.56 Å². The fraction of sp³-hybridized carbons (Fsp3) is 0.259. The number of hydrogen-bond acceptors (Lipinski definition) is 2. The van der Waals surface area contributed by atoms with Gasteiger partial charge in [0.2, 0.25) is 11.8 Å². The Balaban J connectivity index is 1.49. The summed E-state index contributed by atoms with van der Waals surface area (Å²) in [7, 11) is 0. The van der Waals surface area contributed by atoms with Gasteiger partial charge in [-0.2, -0.15) is 0 Å². The molecule has 0 radical (unpaired) electrons. The van der Waals surface area contributed by atoms with Gasteiger partial charge in [-0.1, -0.05) is 78.4 Å². The van der Waals surface area contributed by atoms with E-state index in [9.17, 15) is 9.59 Å². The first-order valence-electron chi connectivity index (χ1n) is 10.8. The second-order valence-corrected chi connectivity index (χ2v) is 8.22. The molecule has 1 atom stereocenters. The largest absolute Gasteiger partial charge is 0.338 e. The van der Waals surface area contributed by atoms with Crippen LogP contribution >= 0.6 is 0 Å². The molecule has 1 fully saturated rings. The van der Waals surface area contributed by atoms with Crippen LogP contribution in [0, 0.1) is 12.8 Å². The van der Waals surface area contributed by atoms with Gasteiger partial charge in [0.15, 0.2) is 0 Å². The number of rotatable bonds is 7. The number of benzene rings is 3. The van der Waals surface area contributed by atoms with Crippen LogP contribution in [0.4, 0.5) is 5.69 Å². The van der Waals surface area contributed by atoms with E-state index in [-0.39, 0.29) is 24.2 Å². The molecule has 0 spiro atoms. The highest BCUT2D eigenvalue weighted by atomic mass is 16.2. The molecule has 1 aliphatic heterocycles. The first-order valence-corrected chi connectivity index (χ1v) is 10.8. The van der Waals surface area contributed by atoms with E-state index in [4.69, 9.17) is 0 Å². The average Bonchev–Trinajstić information content (AvgIpc) is 3.19. The third kappa shape index (κ3) is 5.21. The van der Waals surface area contributed by atoms with Gasteiger partial charge >= 0.3 is 0 Å². The van der Waals surface area contributed by atoms with Crippen LogP contribution in [0.5, 0.6) is 0 Å². The molecule has 4 nitrogen and oxygen atoms in total. The summed E-state index contributed by atoms with van der Waals surface area (Å²) in [5, 5.41) is 0. The Kier molecular flexibility index (Phi) is 6.46. The van der Waals surface area contributed by atoms with Crippen molar-refractivity contribution in [2.24, 2.45) is 5.92 Å². The molecule has 0 unspecified atom stereocenters. The molecule has 0 N–H and O–H groups in total. The topological polar surface area (TPSA) is 40.6 Å². The van der Waals surface area contributed by atoms with Crippen LogP contribution < -0.4 is 4.90 Å². The first kappa shape index (κ1) is 20.9. The molecule has 4 heteroatoms. The van der Waals surface area contributed by atoms with Gasteiger partial charge in [0.1, 0.15) is 0 Å². The summed E-state index contributed by atoms with van der Waals surface area (Å²) in [6, 6.07) is 28.2. The van der Waals surface area contributed by atoms with Crippen LogP contribution in [0.3, 0.4) is 0 Å². The minimum absolute atomic E-state index is 0.0184. The van der Waals surface area contributed by atoms with Gasteiger partial charge in [-0.25, -0.2) is 0 Å². The maximum Gasteiger partial charge on any atom is 0.228 e. The fourth-order valence-corrected chi connectivity index (χ4v) is 4.09. The Bertz CT molecular complexity index is 1020. The van der Waals surface area contributed by atoms with Gasteiger partial charge in [0, 0.05) is 31.7 Å². The Morgan fingerprint density at radius 3 is 2.16 bits per heavy atom. The molecule has 1 heterocycles. The van der Waals surface area contributed by atoms with Crippen LogP contribution in [0.1, 0.15) is 23.1 Å². The lowest BCUT2D eigenvalue weighted by molar-refractivity contribution is -0.136. The number of aryl methyl sites for hydroxylation is 1. The van der Waals surface area contributed by atoms with Crippen molar-refractivity contribution in [3.8, 4) is 0 Å². The Morgan fingerprint density at radius 2 is 1.52 bits per heavy atom. The SMILES string of the molecule is Cc1ccc(N2C[C@H](C(=O)N(CCc3ccccc3)Cc3ccccc3)CC2=O)cc1. The molecule has 1 saturated heterocycles. The molecule has 0 aromatic heterocycles. The van der Waals surface area contributed by atoms with Crippen molar-refractivity contribution < 1.29 is 9.59 Å². The minimum Gasteiger partial charge on any atom is -0.338 e. The fourth-order valence-electron chi connectivity index (χ4n) is 4.09. The summed E-state index contributed by atoms with van der Waals surface area (Å²) in [5.41, 5.74) is 4.32. The molecule has 3 aromatic carbocycles. The molecule has 2 amide bonds. The first-order chi connectivity index (χ1) is 15.1. The van der Waals surface area contributed by atoms with Gasteiger partial charge in [0.05, 0.1) is 5.92 Å². The van der Waals surface area contributed by atoms with Gasteiger partial charge in [0.25, 0.3) is 0 Å². The highest BCUT2D eigenvalue weighted by Crippen LogP contribution is 2.27. The highest BCUT2D eigenvalue weighted by molar-refractivity contribution is 6.00. The van der Waals surface area contributed by atoms with Crippen LogP contribution in [0.25, 0.3) is 0 Å². The van der Waals surface area contributed by atoms with Crippen molar-refractivity contribution in [1.82, 2.24) is 4.90 Å². The van der Waals surface area contributed by atoms with Crippen molar-refractivity contribution >= 4 is 17.5 Å². The maximum absolute atomic E-state index is 13.5. The van der Waals surface area contributed by atoms with Crippen molar-refractivity contribution in [3.63, 3.8) is 0 Å². The number of anilines is 1.